The van der Waals surface area contributed by atoms with E-state index in [1.165, 1.54) is 0 Å². The summed E-state index contributed by atoms with van der Waals surface area (Å²) in [6.07, 6.45) is 0. The van der Waals surface area contributed by atoms with E-state index in [1.807, 2.05) is 42.5 Å². The second kappa shape index (κ2) is 14.0. The minimum atomic E-state index is 0.669. The van der Waals surface area contributed by atoms with Crippen molar-refractivity contribution in [2.45, 2.75) is 0 Å². The highest BCUT2D eigenvalue weighted by atomic mass is 16.3. The smallest absolute Gasteiger partial charge is 0.160 e. The van der Waals surface area contributed by atoms with Crippen LogP contribution in [-0.2, 0) is 0 Å². The first-order valence-electron chi connectivity index (χ1n) is 19.4. The molecule has 58 heavy (non-hydrogen) atoms. The van der Waals surface area contributed by atoms with Gasteiger partial charge in [-0.25, -0.2) is 15.0 Å². The van der Waals surface area contributed by atoms with Gasteiger partial charge in [-0.2, -0.15) is 0 Å². The Morgan fingerprint density at radius 3 is 1.67 bits per heavy atom. The Kier molecular flexibility index (Phi) is 8.07. The number of para-hydroxylation sites is 3. The largest absolute Gasteiger partial charge is 0.456 e. The minimum absolute atomic E-state index is 0.669. The van der Waals surface area contributed by atoms with Crippen molar-refractivity contribution in [3.8, 4) is 73.2 Å². The van der Waals surface area contributed by atoms with Crippen molar-refractivity contribution < 1.29 is 4.42 Å². The maximum atomic E-state index is 6.19. The zero-order valence-electron chi connectivity index (χ0n) is 31.3. The van der Waals surface area contributed by atoms with E-state index in [4.69, 9.17) is 19.4 Å². The molecule has 5 nitrogen and oxygen atoms in total. The van der Waals surface area contributed by atoms with Crippen LogP contribution in [0.3, 0.4) is 0 Å². The molecule has 0 fully saturated rings. The Morgan fingerprint density at radius 1 is 0.345 bits per heavy atom. The molecule has 3 heterocycles. The molecule has 0 amide bonds. The number of furan rings is 1. The van der Waals surface area contributed by atoms with Gasteiger partial charge in [-0.15, -0.1) is 0 Å². The molecule has 8 aromatic carbocycles. The monoisotopic (exact) mass is 742 g/mol. The van der Waals surface area contributed by atoms with Gasteiger partial charge in [0.05, 0.1) is 22.4 Å². The van der Waals surface area contributed by atoms with Crippen LogP contribution in [0, 0.1) is 0 Å². The van der Waals surface area contributed by atoms with E-state index in [-0.39, 0.29) is 0 Å². The predicted molar refractivity (Wildman–Crippen MR) is 237 cm³/mol. The van der Waals surface area contributed by atoms with Crippen LogP contribution in [-0.4, -0.2) is 19.5 Å². The van der Waals surface area contributed by atoms with Crippen molar-refractivity contribution >= 4 is 33.0 Å². The van der Waals surface area contributed by atoms with E-state index in [1.54, 1.807) is 0 Å². The summed E-state index contributed by atoms with van der Waals surface area (Å²) in [7, 11) is 0. The predicted octanol–water partition coefficient (Wildman–Crippen LogP) is 13.7. The minimum Gasteiger partial charge on any atom is -0.456 e. The Hall–Kier alpha value is -7.89. The second-order valence-electron chi connectivity index (χ2n) is 14.5. The van der Waals surface area contributed by atoms with Gasteiger partial charge in [0, 0.05) is 38.7 Å². The van der Waals surface area contributed by atoms with Crippen LogP contribution < -0.4 is 0 Å². The van der Waals surface area contributed by atoms with Crippen LogP contribution in [0.25, 0.3) is 106 Å². The van der Waals surface area contributed by atoms with Crippen molar-refractivity contribution in [1.29, 1.82) is 0 Å². The molecule has 0 spiro atoms. The third kappa shape index (κ3) is 6.03. The summed E-state index contributed by atoms with van der Waals surface area (Å²) in [5.41, 5.74) is 14.9. The first kappa shape index (κ1) is 33.4. The number of imidazole rings is 1. The van der Waals surface area contributed by atoms with Crippen molar-refractivity contribution in [3.63, 3.8) is 0 Å². The van der Waals surface area contributed by atoms with Crippen LogP contribution in [0.4, 0.5) is 0 Å². The van der Waals surface area contributed by atoms with Gasteiger partial charge in [0.15, 0.2) is 5.82 Å². The fraction of sp³-hybridized carbons (Fsp3) is 0. The highest BCUT2D eigenvalue weighted by Crippen LogP contribution is 2.38. The van der Waals surface area contributed by atoms with Gasteiger partial charge in [0.2, 0.25) is 0 Å². The van der Waals surface area contributed by atoms with Crippen molar-refractivity contribution in [2.24, 2.45) is 0 Å². The van der Waals surface area contributed by atoms with E-state index in [0.29, 0.717) is 5.82 Å². The van der Waals surface area contributed by atoms with Gasteiger partial charge in [0.25, 0.3) is 0 Å². The maximum Gasteiger partial charge on any atom is 0.160 e. The number of fused-ring (bicyclic) bond motifs is 4. The summed E-state index contributed by atoms with van der Waals surface area (Å²) in [6, 6.07) is 71.6. The number of benzene rings is 8. The third-order valence-corrected chi connectivity index (χ3v) is 10.8. The van der Waals surface area contributed by atoms with Crippen molar-refractivity contribution in [3.05, 3.63) is 206 Å². The summed E-state index contributed by atoms with van der Waals surface area (Å²) in [4.78, 5) is 15.5. The average Bonchev–Trinajstić information content (AvgIpc) is 3.88. The Morgan fingerprint density at radius 2 is 0.914 bits per heavy atom. The van der Waals surface area contributed by atoms with Gasteiger partial charge in [-0.05, 0) is 89.0 Å². The molecule has 0 aliphatic rings. The standard InChI is InChI=1S/C53H34N4O/c1-4-14-35(15-5-1)40-30-41(39-26-29-51-45(33-39)44-20-10-13-23-50(44)58-51)32-42(31-40)48-34-47(54-52(55-48)37-16-6-2-7-17-37)36-24-27-43(28-25-36)57-49-22-12-11-21-46(49)56-53(57)38-18-8-3-9-19-38/h1-34H. The molecule has 0 atom stereocenters. The molecule has 0 aliphatic heterocycles. The number of hydrogen-bond acceptors (Lipinski definition) is 4. The quantitative estimate of drug-likeness (QED) is 0.163. The molecule has 0 saturated carbocycles. The molecular formula is C53H34N4O. The van der Waals surface area contributed by atoms with Gasteiger partial charge in [0.1, 0.15) is 17.0 Å². The molecule has 0 saturated heterocycles. The van der Waals surface area contributed by atoms with Gasteiger partial charge in [-0.3, -0.25) is 4.57 Å². The first-order valence-corrected chi connectivity index (χ1v) is 19.4. The van der Waals surface area contributed by atoms with E-state index in [2.05, 4.69) is 168 Å². The van der Waals surface area contributed by atoms with Gasteiger partial charge >= 0.3 is 0 Å². The zero-order chi connectivity index (χ0) is 38.4. The molecule has 11 rings (SSSR count). The van der Waals surface area contributed by atoms with E-state index in [0.717, 1.165) is 100 Å². The molecule has 0 unspecified atom stereocenters. The lowest BCUT2D eigenvalue weighted by Gasteiger charge is -2.14. The zero-order valence-corrected chi connectivity index (χ0v) is 31.3. The number of aromatic nitrogens is 4. The highest BCUT2D eigenvalue weighted by Gasteiger charge is 2.17. The van der Waals surface area contributed by atoms with E-state index in [9.17, 15) is 0 Å². The van der Waals surface area contributed by atoms with Crippen LogP contribution in [0.5, 0.6) is 0 Å². The molecule has 0 radical (unpaired) electrons. The second-order valence-corrected chi connectivity index (χ2v) is 14.5. The van der Waals surface area contributed by atoms with Crippen LogP contribution in [0.1, 0.15) is 0 Å². The van der Waals surface area contributed by atoms with Gasteiger partial charge in [-0.1, -0.05) is 140 Å². The van der Waals surface area contributed by atoms with Crippen LogP contribution >= 0.6 is 0 Å². The molecule has 11 aromatic rings. The normalized spacial score (nSPS) is 11.4. The summed E-state index contributed by atoms with van der Waals surface area (Å²) >= 11 is 0. The van der Waals surface area contributed by atoms with Crippen molar-refractivity contribution in [1.82, 2.24) is 19.5 Å². The van der Waals surface area contributed by atoms with Crippen molar-refractivity contribution in [2.75, 3.05) is 0 Å². The number of hydrogen-bond donors (Lipinski definition) is 0. The Labute approximate surface area is 335 Å². The lowest BCUT2D eigenvalue weighted by Crippen LogP contribution is -1.99. The molecule has 0 N–H and O–H groups in total. The molecule has 5 heteroatoms. The van der Waals surface area contributed by atoms with Crippen LogP contribution in [0.15, 0.2) is 211 Å². The summed E-state index contributed by atoms with van der Waals surface area (Å²) < 4.78 is 8.42. The SMILES string of the molecule is c1ccc(-c2cc(-c3ccc4oc5ccccc5c4c3)cc(-c3cc(-c4ccc(-n5c(-c6ccccc6)nc6ccccc65)cc4)nc(-c4ccccc4)n3)c2)cc1. The fourth-order valence-corrected chi connectivity index (χ4v) is 7.95. The highest BCUT2D eigenvalue weighted by molar-refractivity contribution is 6.06. The third-order valence-electron chi connectivity index (χ3n) is 10.8. The first-order chi connectivity index (χ1) is 28.7. The summed E-state index contributed by atoms with van der Waals surface area (Å²) in [6.45, 7) is 0. The molecule has 0 aliphatic carbocycles. The Bertz CT molecular complexity index is 3260. The summed E-state index contributed by atoms with van der Waals surface area (Å²) in [5, 5.41) is 2.20. The van der Waals surface area contributed by atoms with E-state index < -0.39 is 0 Å². The van der Waals surface area contributed by atoms with Gasteiger partial charge < -0.3 is 4.42 Å². The topological polar surface area (TPSA) is 56.7 Å². The lowest BCUT2D eigenvalue weighted by atomic mass is 9.94. The fourth-order valence-electron chi connectivity index (χ4n) is 7.95. The summed E-state index contributed by atoms with van der Waals surface area (Å²) in [5.74, 6) is 1.57. The molecule has 3 aromatic heterocycles. The number of rotatable bonds is 7. The lowest BCUT2D eigenvalue weighted by molar-refractivity contribution is 0.669. The maximum absolute atomic E-state index is 6.19. The molecule has 0 bridgehead atoms. The average molecular weight is 743 g/mol. The van der Waals surface area contributed by atoms with Crippen LogP contribution in [0.2, 0.25) is 0 Å². The Balaban J connectivity index is 1.06. The molecule has 272 valence electrons. The van der Waals surface area contributed by atoms with E-state index >= 15 is 0 Å². The number of nitrogens with zero attached hydrogens (tertiary/aromatic N) is 4. The molecular weight excluding hydrogens is 709 g/mol.